The second-order valence-corrected chi connectivity index (χ2v) is 6.50. The van der Waals surface area contributed by atoms with Crippen LogP contribution in [0.3, 0.4) is 0 Å². The zero-order chi connectivity index (χ0) is 15.4. The van der Waals surface area contributed by atoms with Crippen molar-refractivity contribution in [3.8, 4) is 16.2 Å². The number of ether oxygens (including phenoxy) is 1. The number of nitrogens with two attached hydrogens (primary N) is 1. The van der Waals surface area contributed by atoms with E-state index in [1.807, 2.05) is 18.2 Å². The van der Waals surface area contributed by atoms with Crippen molar-refractivity contribution in [2.75, 3.05) is 0 Å². The van der Waals surface area contributed by atoms with Gasteiger partial charge < -0.3 is 10.5 Å². The normalized spacial score (nSPS) is 10.2. The first kappa shape index (κ1) is 17.5. The third-order valence-corrected chi connectivity index (χ3v) is 4.60. The van der Waals surface area contributed by atoms with E-state index in [2.05, 4.69) is 49.4 Å². The molecule has 0 atom stereocenters. The first-order valence-electron chi connectivity index (χ1n) is 7.33. The Labute approximate surface area is 147 Å². The monoisotopic (exact) mass is 345 g/mol. The van der Waals surface area contributed by atoms with Crippen LogP contribution in [0.15, 0.2) is 60.7 Å². The number of hydrogen-bond donors (Lipinski definition) is 1. The average Bonchev–Trinajstić information content (AvgIpc) is 3.00. The number of hydrogen-bond acceptors (Lipinski definition) is 3. The van der Waals surface area contributed by atoms with Crippen LogP contribution in [0.25, 0.3) is 10.4 Å². The Bertz CT molecular complexity index is 755. The van der Waals surface area contributed by atoms with Crippen LogP contribution in [0.4, 0.5) is 0 Å². The van der Waals surface area contributed by atoms with Gasteiger partial charge in [0.1, 0.15) is 12.4 Å². The van der Waals surface area contributed by atoms with E-state index in [0.717, 1.165) is 16.9 Å². The molecule has 0 spiro atoms. The lowest BCUT2D eigenvalue weighted by Gasteiger charge is -2.12. The van der Waals surface area contributed by atoms with Gasteiger partial charge in [0.15, 0.2) is 0 Å². The Balaban J connectivity index is 0.00000192. The number of rotatable bonds is 5. The van der Waals surface area contributed by atoms with Gasteiger partial charge in [-0.3, -0.25) is 0 Å². The highest BCUT2D eigenvalue weighted by molar-refractivity contribution is 7.15. The van der Waals surface area contributed by atoms with Crippen LogP contribution < -0.4 is 10.5 Å². The maximum absolute atomic E-state index is 6.01. The molecule has 0 aliphatic carbocycles. The molecule has 0 bridgehead atoms. The van der Waals surface area contributed by atoms with Crippen molar-refractivity contribution in [1.82, 2.24) is 0 Å². The topological polar surface area (TPSA) is 35.2 Å². The highest BCUT2D eigenvalue weighted by Gasteiger charge is 2.07. The highest BCUT2D eigenvalue weighted by atomic mass is 35.5. The summed E-state index contributed by atoms with van der Waals surface area (Å²) >= 11 is 1.79. The van der Waals surface area contributed by atoms with Crippen molar-refractivity contribution in [2.24, 2.45) is 5.73 Å². The second-order valence-electron chi connectivity index (χ2n) is 5.21. The standard InChI is InChI=1S/C19H19NOS.ClH/c1-14-7-10-19(22-14)16-8-9-17(12-20)18(11-16)21-13-15-5-3-2-4-6-15;/h2-11H,12-13,20H2,1H3;1H. The largest absolute Gasteiger partial charge is 0.489 e. The molecule has 0 fully saturated rings. The lowest BCUT2D eigenvalue weighted by atomic mass is 10.1. The smallest absolute Gasteiger partial charge is 0.124 e. The van der Waals surface area contributed by atoms with E-state index in [4.69, 9.17) is 10.5 Å². The summed E-state index contributed by atoms with van der Waals surface area (Å²) in [5, 5.41) is 0. The van der Waals surface area contributed by atoms with Crippen molar-refractivity contribution in [3.05, 3.63) is 76.7 Å². The maximum Gasteiger partial charge on any atom is 0.124 e. The van der Waals surface area contributed by atoms with Crippen molar-refractivity contribution in [3.63, 3.8) is 0 Å². The second kappa shape index (κ2) is 8.16. The molecule has 0 saturated heterocycles. The fraction of sp³-hybridized carbons (Fsp3) is 0.158. The molecule has 3 rings (SSSR count). The first-order valence-corrected chi connectivity index (χ1v) is 8.14. The van der Waals surface area contributed by atoms with Crippen molar-refractivity contribution in [1.29, 1.82) is 0 Å². The summed E-state index contributed by atoms with van der Waals surface area (Å²) in [4.78, 5) is 2.57. The van der Waals surface area contributed by atoms with Crippen molar-refractivity contribution >= 4 is 23.7 Å². The number of thiophene rings is 1. The zero-order valence-corrected chi connectivity index (χ0v) is 14.6. The molecule has 1 aromatic heterocycles. The van der Waals surface area contributed by atoms with Gasteiger partial charge in [-0.05, 0) is 36.2 Å². The molecule has 0 amide bonds. The number of halogens is 1. The van der Waals surface area contributed by atoms with E-state index >= 15 is 0 Å². The van der Waals surface area contributed by atoms with Crippen LogP contribution >= 0.6 is 23.7 Å². The lowest BCUT2D eigenvalue weighted by molar-refractivity contribution is 0.303. The minimum Gasteiger partial charge on any atom is -0.489 e. The Kier molecular flexibility index (Phi) is 6.22. The molecule has 2 aromatic carbocycles. The summed E-state index contributed by atoms with van der Waals surface area (Å²) in [6, 6.07) is 20.7. The summed E-state index contributed by atoms with van der Waals surface area (Å²) in [7, 11) is 0. The van der Waals surface area contributed by atoms with Gasteiger partial charge in [-0.1, -0.05) is 42.5 Å². The Hall–Kier alpha value is -1.81. The molecule has 0 radical (unpaired) electrons. The maximum atomic E-state index is 6.01. The molecule has 0 saturated carbocycles. The Morgan fingerprint density at radius 3 is 2.43 bits per heavy atom. The molecule has 120 valence electrons. The molecule has 23 heavy (non-hydrogen) atoms. The summed E-state index contributed by atoms with van der Waals surface area (Å²) < 4.78 is 6.01. The summed E-state index contributed by atoms with van der Waals surface area (Å²) in [5.41, 5.74) is 9.20. The molecule has 2 nitrogen and oxygen atoms in total. The summed E-state index contributed by atoms with van der Waals surface area (Å²) in [6.45, 7) is 3.16. The van der Waals surface area contributed by atoms with E-state index in [1.165, 1.54) is 15.3 Å². The van der Waals surface area contributed by atoms with Gasteiger partial charge in [0.2, 0.25) is 0 Å². The SMILES string of the molecule is Cc1ccc(-c2ccc(CN)c(OCc3ccccc3)c2)s1.Cl. The van der Waals surface area contributed by atoms with Gasteiger partial charge in [0.25, 0.3) is 0 Å². The minimum absolute atomic E-state index is 0. The predicted octanol–water partition coefficient (Wildman–Crippen LogP) is 5.18. The fourth-order valence-electron chi connectivity index (χ4n) is 2.34. The van der Waals surface area contributed by atoms with E-state index in [1.54, 1.807) is 11.3 Å². The van der Waals surface area contributed by atoms with Crippen LogP contribution in [0.1, 0.15) is 16.0 Å². The molecule has 0 aliphatic rings. The number of aryl methyl sites for hydroxylation is 1. The van der Waals surface area contributed by atoms with Gasteiger partial charge in [-0.2, -0.15) is 0 Å². The third kappa shape index (κ3) is 4.35. The molecule has 2 N–H and O–H groups in total. The number of benzene rings is 2. The van der Waals surface area contributed by atoms with Crippen LogP contribution in [0, 0.1) is 6.92 Å². The molecule has 3 aromatic rings. The Morgan fingerprint density at radius 1 is 1.00 bits per heavy atom. The van der Waals surface area contributed by atoms with Gasteiger partial charge in [0.05, 0.1) is 0 Å². The predicted molar refractivity (Wildman–Crippen MR) is 100 cm³/mol. The quantitative estimate of drug-likeness (QED) is 0.691. The van der Waals surface area contributed by atoms with E-state index < -0.39 is 0 Å². The molecular formula is C19H20ClNOS. The minimum atomic E-state index is 0. The molecule has 4 heteroatoms. The van der Waals surface area contributed by atoms with Gasteiger partial charge in [0, 0.05) is 21.9 Å². The van der Waals surface area contributed by atoms with Gasteiger partial charge in [-0.15, -0.1) is 23.7 Å². The summed E-state index contributed by atoms with van der Waals surface area (Å²) in [5.74, 6) is 0.870. The van der Waals surface area contributed by atoms with Crippen molar-refractivity contribution in [2.45, 2.75) is 20.1 Å². The first-order chi connectivity index (χ1) is 10.8. The third-order valence-electron chi connectivity index (χ3n) is 3.55. The molecule has 1 heterocycles. The molecular weight excluding hydrogens is 326 g/mol. The van der Waals surface area contributed by atoms with Crippen molar-refractivity contribution < 1.29 is 4.74 Å². The van der Waals surface area contributed by atoms with Crippen LogP contribution in [0.2, 0.25) is 0 Å². The highest BCUT2D eigenvalue weighted by Crippen LogP contribution is 2.32. The zero-order valence-electron chi connectivity index (χ0n) is 13.0. The Morgan fingerprint density at radius 2 is 1.78 bits per heavy atom. The van der Waals surface area contributed by atoms with Crippen LogP contribution in [-0.2, 0) is 13.2 Å². The average molecular weight is 346 g/mol. The van der Waals surface area contributed by atoms with Crippen LogP contribution in [0.5, 0.6) is 5.75 Å². The van der Waals surface area contributed by atoms with Gasteiger partial charge in [-0.25, -0.2) is 0 Å². The van der Waals surface area contributed by atoms with E-state index in [-0.39, 0.29) is 12.4 Å². The van der Waals surface area contributed by atoms with E-state index in [0.29, 0.717) is 13.2 Å². The van der Waals surface area contributed by atoms with Gasteiger partial charge >= 0.3 is 0 Å². The molecule has 0 unspecified atom stereocenters. The summed E-state index contributed by atoms with van der Waals surface area (Å²) in [6.07, 6.45) is 0. The fourth-order valence-corrected chi connectivity index (χ4v) is 3.20. The lowest BCUT2D eigenvalue weighted by Crippen LogP contribution is -2.03. The van der Waals surface area contributed by atoms with Crippen LogP contribution in [-0.4, -0.2) is 0 Å². The van der Waals surface area contributed by atoms with E-state index in [9.17, 15) is 0 Å². The molecule has 0 aliphatic heterocycles.